The highest BCUT2D eigenvalue weighted by Gasteiger charge is 2.17. The molecule has 9 nitrogen and oxygen atoms in total. The van der Waals surface area contributed by atoms with E-state index in [0.29, 0.717) is 11.2 Å². The van der Waals surface area contributed by atoms with Crippen LogP contribution in [0.5, 0.6) is 0 Å². The highest BCUT2D eigenvalue weighted by molar-refractivity contribution is 7.51. The first kappa shape index (κ1) is 14.6. The third-order valence-corrected chi connectivity index (χ3v) is 3.01. The molecule has 4 N–H and O–H groups in total. The van der Waals surface area contributed by atoms with Crippen molar-refractivity contribution in [2.24, 2.45) is 0 Å². The quantitative estimate of drug-likeness (QED) is 0.505. The molecule has 0 aliphatic heterocycles. The summed E-state index contributed by atoms with van der Waals surface area (Å²) in [5.41, 5.74) is 6.65. The maximum absolute atomic E-state index is 10.8. The molecule has 0 amide bonds. The Hall–Kier alpha value is -1.80. The molecule has 1 unspecified atom stereocenters. The molecule has 0 aromatic carbocycles. The highest BCUT2D eigenvalue weighted by Crippen LogP contribution is 2.34. The summed E-state index contributed by atoms with van der Waals surface area (Å²) in [6, 6.07) is 0. The van der Waals surface area contributed by atoms with Gasteiger partial charge in [0.2, 0.25) is 0 Å². The third-order valence-electron chi connectivity index (χ3n) is 2.53. The number of nitrogen functional groups attached to an aromatic ring is 1. The summed E-state index contributed by atoms with van der Waals surface area (Å²) < 4.78 is 17.5. The van der Waals surface area contributed by atoms with Gasteiger partial charge in [-0.05, 0) is 0 Å². The van der Waals surface area contributed by atoms with Gasteiger partial charge in [-0.1, -0.05) is 6.08 Å². The van der Waals surface area contributed by atoms with Crippen molar-refractivity contribution in [3.8, 4) is 0 Å². The molecular formula is C10H14N5O4P. The molecule has 0 aliphatic rings. The van der Waals surface area contributed by atoms with E-state index in [9.17, 15) is 4.57 Å². The number of hydrogen-bond donors (Lipinski definition) is 3. The van der Waals surface area contributed by atoms with E-state index in [-0.39, 0.29) is 12.4 Å². The van der Waals surface area contributed by atoms with Gasteiger partial charge in [-0.3, -0.25) is 4.57 Å². The zero-order valence-electron chi connectivity index (χ0n) is 10.5. The van der Waals surface area contributed by atoms with Crippen LogP contribution in [0, 0.1) is 0 Å². The van der Waals surface area contributed by atoms with Crippen LogP contribution in [0.15, 0.2) is 25.3 Å². The Labute approximate surface area is 114 Å². The molecule has 0 fully saturated rings. The van der Waals surface area contributed by atoms with Crippen LogP contribution >= 0.6 is 7.60 Å². The lowest BCUT2D eigenvalue weighted by Gasteiger charge is -2.15. The highest BCUT2D eigenvalue weighted by atomic mass is 31.2. The molecule has 10 heteroatoms. The minimum absolute atomic E-state index is 0.260. The Morgan fingerprint density at radius 2 is 2.25 bits per heavy atom. The van der Waals surface area contributed by atoms with E-state index in [2.05, 4.69) is 21.5 Å². The van der Waals surface area contributed by atoms with Crippen molar-refractivity contribution >= 4 is 24.6 Å². The monoisotopic (exact) mass is 299 g/mol. The summed E-state index contributed by atoms with van der Waals surface area (Å²) in [7, 11) is -4.22. The summed E-state index contributed by atoms with van der Waals surface area (Å²) >= 11 is 0. The Kier molecular flexibility index (Phi) is 4.15. The number of rotatable bonds is 6. The molecule has 0 aliphatic carbocycles. The van der Waals surface area contributed by atoms with Crippen molar-refractivity contribution in [3.05, 3.63) is 25.3 Å². The molecule has 0 bridgehead atoms. The second-order valence-corrected chi connectivity index (χ2v) is 5.65. The molecule has 0 radical (unpaired) electrons. The summed E-state index contributed by atoms with van der Waals surface area (Å²) in [6.07, 6.45) is 3.01. The SMILES string of the molecule is C=CC(Cn1cnc2c(N)ncnc21)OCP(=O)(O)O. The molecule has 0 spiro atoms. The van der Waals surface area contributed by atoms with Crippen molar-refractivity contribution in [1.29, 1.82) is 0 Å². The molecular weight excluding hydrogens is 285 g/mol. The number of nitrogens with two attached hydrogens (primary N) is 1. The fraction of sp³-hybridized carbons (Fsp3) is 0.300. The third kappa shape index (κ3) is 3.40. The van der Waals surface area contributed by atoms with Gasteiger partial charge in [0.05, 0.1) is 19.0 Å². The van der Waals surface area contributed by atoms with Crippen LogP contribution < -0.4 is 5.73 Å². The zero-order valence-corrected chi connectivity index (χ0v) is 11.3. The molecule has 108 valence electrons. The maximum Gasteiger partial charge on any atom is 0.351 e. The van der Waals surface area contributed by atoms with Gasteiger partial charge in [-0.2, -0.15) is 0 Å². The number of fused-ring (bicyclic) bond motifs is 1. The molecule has 2 aromatic heterocycles. The van der Waals surface area contributed by atoms with Crippen molar-refractivity contribution in [1.82, 2.24) is 19.5 Å². The number of nitrogens with zero attached hydrogens (tertiary/aromatic N) is 4. The molecule has 1 atom stereocenters. The van der Waals surface area contributed by atoms with Crippen molar-refractivity contribution in [2.75, 3.05) is 12.1 Å². The molecule has 2 rings (SSSR count). The van der Waals surface area contributed by atoms with E-state index in [1.54, 1.807) is 4.57 Å². The second-order valence-electron chi connectivity index (χ2n) is 4.06. The first-order chi connectivity index (χ1) is 9.40. The number of hydrogen-bond acceptors (Lipinski definition) is 6. The van der Waals surface area contributed by atoms with Crippen molar-refractivity contribution in [3.63, 3.8) is 0 Å². The Morgan fingerprint density at radius 1 is 1.50 bits per heavy atom. The van der Waals surface area contributed by atoms with Crippen LogP contribution in [0.4, 0.5) is 5.82 Å². The molecule has 2 heterocycles. The molecule has 20 heavy (non-hydrogen) atoms. The lowest BCUT2D eigenvalue weighted by molar-refractivity contribution is 0.0965. The van der Waals surface area contributed by atoms with Gasteiger partial charge in [0, 0.05) is 0 Å². The van der Waals surface area contributed by atoms with E-state index in [1.807, 2.05) is 0 Å². The summed E-state index contributed by atoms with van der Waals surface area (Å²) in [4.78, 5) is 29.6. The molecule has 0 saturated heterocycles. The van der Waals surface area contributed by atoms with Crippen LogP contribution in [-0.2, 0) is 15.8 Å². The fourth-order valence-electron chi connectivity index (χ4n) is 1.61. The molecule has 0 saturated carbocycles. The van der Waals surface area contributed by atoms with Gasteiger partial charge in [-0.25, -0.2) is 15.0 Å². The summed E-state index contributed by atoms with van der Waals surface area (Å²) in [5.74, 6) is 0.264. The van der Waals surface area contributed by atoms with Gasteiger partial charge >= 0.3 is 7.60 Å². The van der Waals surface area contributed by atoms with Gasteiger partial charge in [0.25, 0.3) is 0 Å². The van der Waals surface area contributed by atoms with Crippen LogP contribution in [-0.4, -0.2) is 41.8 Å². The van der Waals surface area contributed by atoms with E-state index in [0.717, 1.165) is 0 Å². The maximum atomic E-state index is 10.8. The zero-order chi connectivity index (χ0) is 14.8. The van der Waals surface area contributed by atoms with Crippen LogP contribution in [0.1, 0.15) is 0 Å². The van der Waals surface area contributed by atoms with Gasteiger partial charge < -0.3 is 24.8 Å². The van der Waals surface area contributed by atoms with Crippen molar-refractivity contribution in [2.45, 2.75) is 12.6 Å². The Bertz CT molecular complexity index is 667. The molecule has 2 aromatic rings. The minimum atomic E-state index is -4.22. The lowest BCUT2D eigenvalue weighted by Crippen LogP contribution is -2.18. The number of ether oxygens (including phenoxy) is 1. The first-order valence-corrected chi connectivity index (χ1v) is 7.40. The normalized spacial score (nSPS) is 13.5. The van der Waals surface area contributed by atoms with Crippen LogP contribution in [0.3, 0.4) is 0 Å². The van der Waals surface area contributed by atoms with E-state index in [1.165, 1.54) is 18.7 Å². The van der Waals surface area contributed by atoms with Gasteiger partial charge in [0.1, 0.15) is 18.2 Å². The standard InChI is InChI=1S/C10H14N5O4P/c1-2-7(19-6-20(16,17)18)3-15-5-14-8-9(11)12-4-13-10(8)15/h2,4-5,7H,1,3,6H2,(H2,11,12,13)(H2,16,17,18). The number of aromatic nitrogens is 4. The van der Waals surface area contributed by atoms with Crippen molar-refractivity contribution < 1.29 is 19.1 Å². The van der Waals surface area contributed by atoms with E-state index < -0.39 is 20.0 Å². The van der Waals surface area contributed by atoms with Crippen LogP contribution in [0.25, 0.3) is 11.2 Å². The lowest BCUT2D eigenvalue weighted by atomic mass is 10.3. The Morgan fingerprint density at radius 3 is 2.90 bits per heavy atom. The smallest absolute Gasteiger partial charge is 0.351 e. The van der Waals surface area contributed by atoms with E-state index >= 15 is 0 Å². The predicted octanol–water partition coefficient (Wildman–Crippen LogP) is 0.115. The van der Waals surface area contributed by atoms with Gasteiger partial charge in [-0.15, -0.1) is 6.58 Å². The summed E-state index contributed by atoms with van der Waals surface area (Å²) in [5, 5.41) is 0. The first-order valence-electron chi connectivity index (χ1n) is 5.61. The second kappa shape index (κ2) is 5.68. The largest absolute Gasteiger partial charge is 0.382 e. The van der Waals surface area contributed by atoms with Gasteiger partial charge in [0.15, 0.2) is 11.5 Å². The predicted molar refractivity (Wildman–Crippen MR) is 71.7 cm³/mol. The summed E-state index contributed by atoms with van der Waals surface area (Å²) in [6.45, 7) is 3.83. The topological polar surface area (TPSA) is 136 Å². The Balaban J connectivity index is 2.16. The average molecular weight is 299 g/mol. The van der Waals surface area contributed by atoms with Crippen LogP contribution in [0.2, 0.25) is 0 Å². The average Bonchev–Trinajstić information content (AvgIpc) is 2.78. The van der Waals surface area contributed by atoms with E-state index in [4.69, 9.17) is 20.3 Å². The minimum Gasteiger partial charge on any atom is -0.382 e. The number of anilines is 1. The number of imidazole rings is 1. The fourth-order valence-corrected chi connectivity index (χ4v) is 2.00.